The van der Waals surface area contributed by atoms with Crippen molar-refractivity contribution in [2.75, 3.05) is 7.11 Å². The lowest BCUT2D eigenvalue weighted by atomic mass is 10.2. The summed E-state index contributed by atoms with van der Waals surface area (Å²) in [5, 5.41) is 0. The molecular formula is C14H15N2O4P. The average Bonchev–Trinajstić information content (AvgIpc) is 2.54. The van der Waals surface area contributed by atoms with E-state index in [4.69, 9.17) is 13.9 Å². The maximum Gasteiger partial charge on any atom is 0.389 e. The highest BCUT2D eigenvalue weighted by molar-refractivity contribution is 7.56. The van der Waals surface area contributed by atoms with Crippen LogP contribution in [0.3, 0.4) is 0 Å². The third-order valence-electron chi connectivity index (χ3n) is 3.12. The number of hydrogen-bond donors (Lipinski definition) is 0. The Balaban J connectivity index is 1.77. The molecular weight excluding hydrogens is 291 g/mol. The van der Waals surface area contributed by atoms with Gasteiger partial charge in [-0.1, -0.05) is 30.3 Å². The summed E-state index contributed by atoms with van der Waals surface area (Å²) in [6, 6.07) is 11.4. The predicted octanol–water partition coefficient (Wildman–Crippen LogP) is 2.09. The van der Waals surface area contributed by atoms with Crippen LogP contribution < -0.4 is 9.42 Å². The fourth-order valence-electron chi connectivity index (χ4n) is 1.99. The lowest BCUT2D eigenvalue weighted by Gasteiger charge is -2.36. The van der Waals surface area contributed by atoms with Gasteiger partial charge in [-0.2, -0.15) is 4.52 Å². The smallest absolute Gasteiger partial charge is 0.389 e. The monoisotopic (exact) mass is 306 g/mol. The largest absolute Gasteiger partial charge is 0.607 e. The maximum atomic E-state index is 12.6. The SMILES string of the molecule is CO[P+]1([O-])Oc2cnccc2CN1OCc1ccccc1. The fourth-order valence-corrected chi connectivity index (χ4v) is 3.28. The molecule has 6 nitrogen and oxygen atoms in total. The molecule has 1 aliphatic heterocycles. The molecule has 1 unspecified atom stereocenters. The summed E-state index contributed by atoms with van der Waals surface area (Å²) in [5.41, 5.74) is 1.82. The highest BCUT2D eigenvalue weighted by Crippen LogP contribution is 2.59. The van der Waals surface area contributed by atoms with Crippen molar-refractivity contribution < 1.29 is 18.8 Å². The van der Waals surface area contributed by atoms with Crippen molar-refractivity contribution in [3.05, 3.63) is 59.9 Å². The lowest BCUT2D eigenvalue weighted by molar-refractivity contribution is -0.267. The Labute approximate surface area is 123 Å². The summed E-state index contributed by atoms with van der Waals surface area (Å²) in [5.74, 6) is 0.460. The Bertz CT molecular complexity index is 613. The van der Waals surface area contributed by atoms with Crippen LogP contribution in [0, 0.1) is 0 Å². The van der Waals surface area contributed by atoms with E-state index < -0.39 is 8.09 Å². The van der Waals surface area contributed by atoms with Crippen LogP contribution in [0.4, 0.5) is 0 Å². The van der Waals surface area contributed by atoms with Gasteiger partial charge in [-0.15, -0.1) is 0 Å². The van der Waals surface area contributed by atoms with Crippen LogP contribution >= 0.6 is 8.09 Å². The molecule has 0 saturated heterocycles. The number of hydroxylamine groups is 1. The number of hydrogen-bond acceptors (Lipinski definition) is 6. The van der Waals surface area contributed by atoms with Crippen LogP contribution in [0.25, 0.3) is 0 Å². The van der Waals surface area contributed by atoms with Crippen molar-refractivity contribution in [2.24, 2.45) is 0 Å². The van der Waals surface area contributed by atoms with Crippen LogP contribution in [0.15, 0.2) is 48.8 Å². The van der Waals surface area contributed by atoms with Gasteiger partial charge in [0, 0.05) is 16.6 Å². The molecule has 21 heavy (non-hydrogen) atoms. The van der Waals surface area contributed by atoms with Gasteiger partial charge in [0.25, 0.3) is 0 Å². The van der Waals surface area contributed by atoms with E-state index in [0.29, 0.717) is 12.3 Å². The molecule has 0 saturated carbocycles. The minimum Gasteiger partial charge on any atom is -0.607 e. The van der Waals surface area contributed by atoms with Crippen molar-refractivity contribution in [3.8, 4) is 5.75 Å². The van der Waals surface area contributed by atoms with Crippen LogP contribution in [0.5, 0.6) is 5.75 Å². The minimum atomic E-state index is -3.50. The number of fused-ring (bicyclic) bond motifs is 1. The summed E-state index contributed by atoms with van der Waals surface area (Å²) in [6.07, 6.45) is 3.18. The third-order valence-corrected chi connectivity index (χ3v) is 4.81. The van der Waals surface area contributed by atoms with Crippen molar-refractivity contribution in [1.82, 2.24) is 9.82 Å². The zero-order valence-corrected chi connectivity index (χ0v) is 12.4. The van der Waals surface area contributed by atoms with E-state index in [1.807, 2.05) is 30.3 Å². The van der Waals surface area contributed by atoms with Crippen molar-refractivity contribution in [3.63, 3.8) is 0 Å². The quantitative estimate of drug-likeness (QED) is 0.806. The first kappa shape index (κ1) is 14.4. The number of benzene rings is 1. The number of rotatable bonds is 4. The first-order chi connectivity index (χ1) is 10.2. The molecule has 0 N–H and O–H groups in total. The molecule has 1 aromatic carbocycles. The average molecular weight is 306 g/mol. The Morgan fingerprint density at radius 3 is 2.90 bits per heavy atom. The Kier molecular flexibility index (Phi) is 4.14. The van der Waals surface area contributed by atoms with Gasteiger partial charge in [0.2, 0.25) is 5.75 Å². The molecule has 2 heterocycles. The van der Waals surface area contributed by atoms with Gasteiger partial charge >= 0.3 is 8.09 Å². The van der Waals surface area contributed by atoms with Crippen LogP contribution in [0.1, 0.15) is 11.1 Å². The highest BCUT2D eigenvalue weighted by atomic mass is 31.2. The second kappa shape index (κ2) is 6.05. The van der Waals surface area contributed by atoms with Gasteiger partial charge in [0.05, 0.1) is 26.5 Å². The molecule has 2 aromatic rings. The van der Waals surface area contributed by atoms with E-state index in [1.54, 1.807) is 12.3 Å². The van der Waals surface area contributed by atoms with Crippen LogP contribution in [0.2, 0.25) is 0 Å². The lowest BCUT2D eigenvalue weighted by Crippen LogP contribution is -2.38. The van der Waals surface area contributed by atoms with Crippen molar-refractivity contribution in [1.29, 1.82) is 0 Å². The summed E-state index contributed by atoms with van der Waals surface area (Å²) in [6.45, 7) is 0.605. The molecule has 0 radical (unpaired) electrons. The summed E-state index contributed by atoms with van der Waals surface area (Å²) in [4.78, 5) is 23.5. The van der Waals surface area contributed by atoms with Crippen LogP contribution in [-0.2, 0) is 22.5 Å². The molecule has 1 atom stereocenters. The number of aromatic nitrogens is 1. The summed E-state index contributed by atoms with van der Waals surface area (Å²) in [7, 11) is -2.17. The molecule has 3 rings (SSSR count). The molecule has 7 heteroatoms. The highest BCUT2D eigenvalue weighted by Gasteiger charge is 2.46. The molecule has 110 valence electrons. The number of pyridine rings is 1. The first-order valence-electron chi connectivity index (χ1n) is 6.44. The first-order valence-corrected chi connectivity index (χ1v) is 7.94. The molecule has 0 aliphatic carbocycles. The molecule has 1 aromatic heterocycles. The van der Waals surface area contributed by atoms with E-state index in [1.165, 1.54) is 18.1 Å². The second-order valence-electron chi connectivity index (χ2n) is 4.50. The van der Waals surface area contributed by atoms with E-state index in [2.05, 4.69) is 4.98 Å². The van der Waals surface area contributed by atoms with Gasteiger partial charge in [-0.05, 0) is 11.6 Å². The molecule has 0 fully saturated rings. The molecule has 1 aliphatic rings. The minimum absolute atomic E-state index is 0.290. The maximum absolute atomic E-state index is 12.6. The zero-order valence-electron chi connectivity index (χ0n) is 11.5. The topological polar surface area (TPSA) is 66.9 Å². The Hall–Kier alpha value is -1.56. The van der Waals surface area contributed by atoms with Gasteiger partial charge in [0.1, 0.15) is 0 Å². The Morgan fingerprint density at radius 2 is 2.14 bits per heavy atom. The van der Waals surface area contributed by atoms with Crippen LogP contribution in [-0.4, -0.2) is 16.9 Å². The molecule has 0 bridgehead atoms. The second-order valence-corrected chi connectivity index (χ2v) is 6.43. The fraction of sp³-hybridized carbons (Fsp3) is 0.214. The zero-order chi connectivity index (χ0) is 14.7. The van der Waals surface area contributed by atoms with E-state index >= 15 is 0 Å². The molecule has 0 amide bonds. The van der Waals surface area contributed by atoms with Gasteiger partial charge in [0.15, 0.2) is 0 Å². The van der Waals surface area contributed by atoms with E-state index in [-0.39, 0.29) is 6.61 Å². The normalized spacial score (nSPS) is 21.6. The number of nitrogens with zero attached hydrogens (tertiary/aromatic N) is 2. The molecule has 0 spiro atoms. The predicted molar refractivity (Wildman–Crippen MR) is 75.6 cm³/mol. The standard InChI is InChI=1S/C14H15N2O4P/c1-18-21(17)16(19-11-12-5-3-2-4-6-12)10-13-7-8-15-9-14(13)20-21/h2-9H,10-11H2,1H3. The Morgan fingerprint density at radius 1 is 1.33 bits per heavy atom. The summed E-state index contributed by atoms with van der Waals surface area (Å²) < 4.78 is 10.5. The van der Waals surface area contributed by atoms with E-state index in [0.717, 1.165) is 11.1 Å². The van der Waals surface area contributed by atoms with Gasteiger partial charge in [-0.3, -0.25) is 14.3 Å². The van der Waals surface area contributed by atoms with Gasteiger partial charge < -0.3 is 4.89 Å². The van der Waals surface area contributed by atoms with Crippen molar-refractivity contribution in [2.45, 2.75) is 13.2 Å². The van der Waals surface area contributed by atoms with E-state index in [9.17, 15) is 4.89 Å². The van der Waals surface area contributed by atoms with Gasteiger partial charge in [-0.25, -0.2) is 0 Å². The summed E-state index contributed by atoms with van der Waals surface area (Å²) >= 11 is 0. The third kappa shape index (κ3) is 3.05. The van der Waals surface area contributed by atoms with Crippen molar-refractivity contribution >= 4 is 8.09 Å².